The fourth-order valence-electron chi connectivity index (χ4n) is 1.27. The predicted octanol–water partition coefficient (Wildman–Crippen LogP) is 2.85. The van der Waals surface area contributed by atoms with E-state index in [-0.39, 0.29) is 0 Å². The summed E-state index contributed by atoms with van der Waals surface area (Å²) >= 11 is 0. The smallest absolute Gasteiger partial charge is 0.0175 e. The van der Waals surface area contributed by atoms with Crippen LogP contribution in [0.25, 0.3) is 0 Å². The summed E-state index contributed by atoms with van der Waals surface area (Å²) in [6, 6.07) is 0. The van der Waals surface area contributed by atoms with E-state index < -0.39 is 0 Å². The first-order valence-corrected chi connectivity index (χ1v) is 3.81. The zero-order valence-corrected chi connectivity index (χ0v) is 6.65. The third-order valence-corrected chi connectivity index (χ3v) is 2.33. The Morgan fingerprint density at radius 1 is 1.56 bits per heavy atom. The molecular weight excluding hydrogens is 108 g/mol. The molecule has 1 rings (SSSR count). The van der Waals surface area contributed by atoms with E-state index in [2.05, 4.69) is 27.4 Å². The molecule has 0 aromatic rings. The van der Waals surface area contributed by atoms with Gasteiger partial charge in [-0.3, -0.25) is 0 Å². The maximum absolute atomic E-state index is 4.07. The van der Waals surface area contributed by atoms with Crippen LogP contribution in [0.2, 0.25) is 0 Å². The van der Waals surface area contributed by atoms with E-state index in [1.54, 1.807) is 0 Å². The van der Waals surface area contributed by atoms with E-state index in [0.29, 0.717) is 5.92 Å². The summed E-state index contributed by atoms with van der Waals surface area (Å²) in [5.74, 6) is 2.49. The molecule has 1 fully saturated rings. The quantitative estimate of drug-likeness (QED) is 0.496. The zero-order chi connectivity index (χ0) is 7.02. The first kappa shape index (κ1) is 6.85. The molecule has 2 unspecified atom stereocenters. The minimum atomic E-state index is 0.694. The summed E-state index contributed by atoms with van der Waals surface area (Å²) in [5.41, 5.74) is 1.46. The molecule has 1 saturated carbocycles. The molecule has 0 heteroatoms. The summed E-state index contributed by atoms with van der Waals surface area (Å²) in [6.07, 6.45) is 1.39. The van der Waals surface area contributed by atoms with E-state index in [0.717, 1.165) is 11.8 Å². The highest BCUT2D eigenvalue weighted by molar-refractivity contribution is 5.12. The van der Waals surface area contributed by atoms with Crippen molar-refractivity contribution in [3.8, 4) is 0 Å². The minimum absolute atomic E-state index is 0.694. The first-order valence-electron chi connectivity index (χ1n) is 3.81. The van der Waals surface area contributed by atoms with E-state index in [1.807, 2.05) is 0 Å². The third-order valence-electron chi connectivity index (χ3n) is 2.33. The van der Waals surface area contributed by atoms with Crippen LogP contribution in [0.15, 0.2) is 12.2 Å². The summed E-state index contributed by atoms with van der Waals surface area (Å²) in [4.78, 5) is 0. The summed E-state index contributed by atoms with van der Waals surface area (Å²) in [5, 5.41) is 0. The van der Waals surface area contributed by atoms with Gasteiger partial charge in [0, 0.05) is 0 Å². The fourth-order valence-corrected chi connectivity index (χ4v) is 1.27. The zero-order valence-electron chi connectivity index (χ0n) is 6.65. The van der Waals surface area contributed by atoms with E-state index in [4.69, 9.17) is 0 Å². The lowest BCUT2D eigenvalue weighted by molar-refractivity contribution is 0.683. The van der Waals surface area contributed by atoms with Crippen molar-refractivity contribution < 1.29 is 0 Å². The average Bonchev–Trinajstić information content (AvgIpc) is 2.44. The largest absolute Gasteiger partial charge is 0.0993 e. The van der Waals surface area contributed by atoms with Gasteiger partial charge in [-0.05, 0) is 24.2 Å². The maximum Gasteiger partial charge on any atom is -0.0175 e. The summed E-state index contributed by atoms with van der Waals surface area (Å²) < 4.78 is 0. The van der Waals surface area contributed by atoms with Crippen molar-refractivity contribution in [2.75, 3.05) is 0 Å². The molecule has 0 spiro atoms. The number of hydrogen-bond acceptors (Lipinski definition) is 0. The fraction of sp³-hybridized carbons (Fsp3) is 0.778. The van der Waals surface area contributed by atoms with Crippen molar-refractivity contribution in [1.82, 2.24) is 0 Å². The lowest BCUT2D eigenvalue weighted by atomic mass is 10.00. The molecule has 9 heavy (non-hydrogen) atoms. The van der Waals surface area contributed by atoms with Gasteiger partial charge in [-0.1, -0.05) is 32.9 Å². The SMILES string of the molecule is C=C(C(C)C)C1CC1C. The Kier molecular flexibility index (Phi) is 1.65. The highest BCUT2D eigenvalue weighted by atomic mass is 14.4. The lowest BCUT2D eigenvalue weighted by Crippen LogP contribution is -1.94. The molecule has 0 aromatic heterocycles. The number of rotatable bonds is 2. The average molecular weight is 124 g/mol. The Labute approximate surface area is 58.0 Å². The second-order valence-electron chi connectivity index (χ2n) is 3.55. The van der Waals surface area contributed by atoms with Crippen LogP contribution >= 0.6 is 0 Å². The van der Waals surface area contributed by atoms with Gasteiger partial charge >= 0.3 is 0 Å². The van der Waals surface area contributed by atoms with Crippen LogP contribution < -0.4 is 0 Å². The van der Waals surface area contributed by atoms with E-state index in [9.17, 15) is 0 Å². The molecule has 2 atom stereocenters. The highest BCUT2D eigenvalue weighted by Gasteiger charge is 2.35. The van der Waals surface area contributed by atoms with Gasteiger partial charge in [-0.25, -0.2) is 0 Å². The molecule has 52 valence electrons. The Morgan fingerprint density at radius 2 is 2.00 bits per heavy atom. The maximum atomic E-state index is 4.07. The van der Waals surface area contributed by atoms with Gasteiger partial charge in [0.05, 0.1) is 0 Å². The van der Waals surface area contributed by atoms with Crippen molar-refractivity contribution in [3.63, 3.8) is 0 Å². The molecule has 0 amide bonds. The molecule has 0 heterocycles. The topological polar surface area (TPSA) is 0 Å². The Morgan fingerprint density at radius 3 is 2.11 bits per heavy atom. The standard InChI is InChI=1S/C9H16/c1-6(2)8(4)9-5-7(9)3/h6-7,9H,4-5H2,1-3H3. The van der Waals surface area contributed by atoms with Crippen LogP contribution in [0.5, 0.6) is 0 Å². The second-order valence-corrected chi connectivity index (χ2v) is 3.55. The van der Waals surface area contributed by atoms with Gasteiger partial charge < -0.3 is 0 Å². The highest BCUT2D eigenvalue weighted by Crippen LogP contribution is 2.45. The normalized spacial score (nSPS) is 32.9. The molecule has 0 radical (unpaired) electrons. The van der Waals surface area contributed by atoms with Crippen LogP contribution in [-0.4, -0.2) is 0 Å². The van der Waals surface area contributed by atoms with E-state index >= 15 is 0 Å². The molecule has 0 N–H and O–H groups in total. The molecule has 0 bridgehead atoms. The number of allylic oxidation sites excluding steroid dienone is 1. The molecule has 0 saturated heterocycles. The molecule has 1 aliphatic rings. The van der Waals surface area contributed by atoms with Crippen molar-refractivity contribution >= 4 is 0 Å². The Bertz CT molecular complexity index is 122. The minimum Gasteiger partial charge on any atom is -0.0993 e. The van der Waals surface area contributed by atoms with E-state index in [1.165, 1.54) is 12.0 Å². The van der Waals surface area contributed by atoms with Gasteiger partial charge in [-0.2, -0.15) is 0 Å². The second kappa shape index (κ2) is 2.17. The van der Waals surface area contributed by atoms with Gasteiger partial charge in [0.25, 0.3) is 0 Å². The van der Waals surface area contributed by atoms with Gasteiger partial charge in [-0.15, -0.1) is 0 Å². The molecule has 1 aliphatic carbocycles. The van der Waals surface area contributed by atoms with Crippen molar-refractivity contribution in [3.05, 3.63) is 12.2 Å². The summed E-state index contributed by atoms with van der Waals surface area (Å²) in [6.45, 7) is 10.8. The van der Waals surface area contributed by atoms with Crippen molar-refractivity contribution in [2.45, 2.75) is 27.2 Å². The van der Waals surface area contributed by atoms with Gasteiger partial charge in [0.2, 0.25) is 0 Å². The van der Waals surface area contributed by atoms with Crippen LogP contribution in [0.4, 0.5) is 0 Å². The van der Waals surface area contributed by atoms with Crippen molar-refractivity contribution in [2.24, 2.45) is 17.8 Å². The first-order chi connectivity index (χ1) is 4.13. The third kappa shape index (κ3) is 1.35. The van der Waals surface area contributed by atoms with Gasteiger partial charge in [0.15, 0.2) is 0 Å². The number of hydrogen-bond donors (Lipinski definition) is 0. The molecule has 0 aromatic carbocycles. The van der Waals surface area contributed by atoms with Gasteiger partial charge in [0.1, 0.15) is 0 Å². The predicted molar refractivity (Wildman–Crippen MR) is 41.2 cm³/mol. The lowest BCUT2D eigenvalue weighted by Gasteiger charge is -2.06. The Balaban J connectivity index is 2.36. The molecule has 0 nitrogen and oxygen atoms in total. The monoisotopic (exact) mass is 124 g/mol. The van der Waals surface area contributed by atoms with Crippen LogP contribution in [0.3, 0.4) is 0 Å². The van der Waals surface area contributed by atoms with Crippen LogP contribution in [-0.2, 0) is 0 Å². The van der Waals surface area contributed by atoms with Crippen LogP contribution in [0.1, 0.15) is 27.2 Å². The Hall–Kier alpha value is -0.260. The summed E-state index contributed by atoms with van der Waals surface area (Å²) in [7, 11) is 0. The van der Waals surface area contributed by atoms with Crippen molar-refractivity contribution in [1.29, 1.82) is 0 Å². The van der Waals surface area contributed by atoms with Crippen LogP contribution in [0, 0.1) is 17.8 Å². The molecular formula is C9H16. The molecule has 0 aliphatic heterocycles.